The van der Waals surface area contributed by atoms with Crippen LogP contribution in [0, 0.1) is 13.8 Å². The van der Waals surface area contributed by atoms with Crippen LogP contribution in [0.15, 0.2) is 76.1 Å². The van der Waals surface area contributed by atoms with E-state index in [2.05, 4.69) is 21.2 Å². The highest BCUT2D eigenvalue weighted by atomic mass is 79.9. The molecule has 0 radical (unpaired) electrons. The monoisotopic (exact) mass is 657 g/mol. The molecule has 10 heteroatoms. The van der Waals surface area contributed by atoms with Crippen molar-refractivity contribution in [3.05, 3.63) is 87.9 Å². The van der Waals surface area contributed by atoms with Gasteiger partial charge >= 0.3 is 0 Å². The Hall–Kier alpha value is -3.37. The zero-order valence-corrected chi connectivity index (χ0v) is 27.5. The molecule has 42 heavy (non-hydrogen) atoms. The molecule has 0 bridgehead atoms. The Balaban J connectivity index is 2.09. The van der Waals surface area contributed by atoms with E-state index in [1.807, 2.05) is 58.9 Å². The van der Waals surface area contributed by atoms with Crippen LogP contribution in [0.5, 0.6) is 5.75 Å². The van der Waals surface area contributed by atoms with E-state index < -0.39 is 28.5 Å². The number of sulfonamides is 1. The number of nitrogens with zero attached hydrogens (tertiary/aromatic N) is 2. The number of methoxy groups -OCH3 is 1. The highest BCUT2D eigenvalue weighted by Gasteiger charge is 2.34. The number of carbonyl (C=O) groups excluding carboxylic acids is 2. The molecule has 8 nitrogen and oxygen atoms in total. The van der Waals surface area contributed by atoms with E-state index in [0.29, 0.717) is 22.3 Å². The lowest BCUT2D eigenvalue weighted by molar-refractivity contribution is -0.140. The third-order valence-corrected chi connectivity index (χ3v) is 9.69. The van der Waals surface area contributed by atoms with Crippen LogP contribution in [0.3, 0.4) is 0 Å². The highest BCUT2D eigenvalue weighted by Crippen LogP contribution is 2.31. The quantitative estimate of drug-likeness (QED) is 0.244. The summed E-state index contributed by atoms with van der Waals surface area (Å²) in [5, 5.41) is 3.00. The maximum Gasteiger partial charge on any atom is 0.264 e. The van der Waals surface area contributed by atoms with Crippen molar-refractivity contribution in [2.45, 2.75) is 71.0 Å². The Bertz CT molecular complexity index is 1490. The van der Waals surface area contributed by atoms with Gasteiger partial charge in [-0.05, 0) is 91.0 Å². The van der Waals surface area contributed by atoms with Crippen LogP contribution in [0.2, 0.25) is 0 Å². The fourth-order valence-electron chi connectivity index (χ4n) is 4.51. The van der Waals surface area contributed by atoms with Crippen LogP contribution in [0.4, 0.5) is 5.69 Å². The highest BCUT2D eigenvalue weighted by molar-refractivity contribution is 9.10. The summed E-state index contributed by atoms with van der Waals surface area (Å²) in [6.45, 7) is 9.26. The molecule has 0 heterocycles. The standard InChI is InChI=1S/C32H40BrN3O5S/c1-7-24(5)34-32(38)29(8-2)35(20-25-12-10-9-11-23(25)4)31(37)21-36(26-15-13-22(3)14-16-26)42(39,40)27-17-18-30(41-6)28(33)19-27/h9-19,24,29H,7-8,20-21H2,1-6H3,(H,34,38)/t24-,29+/m0/s1. The number of amides is 2. The predicted octanol–water partition coefficient (Wildman–Crippen LogP) is 5.99. The first kappa shape index (κ1) is 33.1. The first-order chi connectivity index (χ1) is 19.9. The molecule has 0 spiro atoms. The van der Waals surface area contributed by atoms with Crippen LogP contribution < -0.4 is 14.4 Å². The maximum atomic E-state index is 14.2. The van der Waals surface area contributed by atoms with Gasteiger partial charge in [0.25, 0.3) is 10.0 Å². The number of anilines is 1. The number of halogens is 1. The van der Waals surface area contributed by atoms with Gasteiger partial charge in [0.2, 0.25) is 11.8 Å². The lowest BCUT2D eigenvalue weighted by atomic mass is 10.1. The zero-order valence-electron chi connectivity index (χ0n) is 25.1. The number of aryl methyl sites for hydroxylation is 2. The van der Waals surface area contributed by atoms with Crippen LogP contribution >= 0.6 is 15.9 Å². The van der Waals surface area contributed by atoms with Gasteiger partial charge in [-0.2, -0.15) is 0 Å². The fraction of sp³-hybridized carbons (Fsp3) is 0.375. The average Bonchev–Trinajstić information content (AvgIpc) is 2.96. The molecular formula is C32H40BrN3O5S. The van der Waals surface area contributed by atoms with Gasteiger partial charge in [-0.1, -0.05) is 55.8 Å². The van der Waals surface area contributed by atoms with Crippen LogP contribution in [-0.4, -0.2) is 50.9 Å². The molecule has 0 aromatic heterocycles. The molecule has 0 aliphatic rings. The molecule has 2 amide bonds. The lowest BCUT2D eigenvalue weighted by Crippen LogP contribution is -2.53. The summed E-state index contributed by atoms with van der Waals surface area (Å²) < 4.78 is 35.1. The van der Waals surface area contributed by atoms with E-state index in [1.165, 1.54) is 24.1 Å². The first-order valence-electron chi connectivity index (χ1n) is 14.0. The maximum absolute atomic E-state index is 14.2. The summed E-state index contributed by atoms with van der Waals surface area (Å²) in [6.07, 6.45) is 1.10. The van der Waals surface area contributed by atoms with Gasteiger partial charge in [-0.3, -0.25) is 13.9 Å². The van der Waals surface area contributed by atoms with Crippen molar-refractivity contribution in [1.29, 1.82) is 0 Å². The van der Waals surface area contributed by atoms with Gasteiger partial charge in [-0.25, -0.2) is 8.42 Å². The van der Waals surface area contributed by atoms with Gasteiger partial charge in [0.1, 0.15) is 18.3 Å². The van der Waals surface area contributed by atoms with Crippen LogP contribution in [0.1, 0.15) is 50.3 Å². The normalized spacial score (nSPS) is 12.7. The number of nitrogens with one attached hydrogen (secondary N) is 1. The number of ether oxygens (including phenoxy) is 1. The van der Waals surface area contributed by atoms with Gasteiger partial charge in [0.05, 0.1) is 22.2 Å². The molecular weight excluding hydrogens is 618 g/mol. The topological polar surface area (TPSA) is 96.0 Å². The molecule has 3 aromatic carbocycles. The molecule has 0 saturated carbocycles. The van der Waals surface area contributed by atoms with Crippen molar-refractivity contribution in [1.82, 2.24) is 10.2 Å². The second kappa shape index (κ2) is 14.7. The first-order valence-corrected chi connectivity index (χ1v) is 16.2. The number of carbonyl (C=O) groups is 2. The van der Waals surface area contributed by atoms with E-state index in [9.17, 15) is 18.0 Å². The smallest absolute Gasteiger partial charge is 0.264 e. The molecule has 0 fully saturated rings. The molecule has 226 valence electrons. The number of hydrogen-bond donors (Lipinski definition) is 1. The van der Waals surface area contributed by atoms with Gasteiger partial charge < -0.3 is 15.0 Å². The van der Waals surface area contributed by atoms with E-state index in [4.69, 9.17) is 4.74 Å². The van der Waals surface area contributed by atoms with Crippen molar-refractivity contribution < 1.29 is 22.7 Å². The van der Waals surface area contributed by atoms with Crippen molar-refractivity contribution in [2.24, 2.45) is 0 Å². The molecule has 3 rings (SSSR count). The Kier molecular flexibility index (Phi) is 11.6. The third kappa shape index (κ3) is 7.92. The summed E-state index contributed by atoms with van der Waals surface area (Å²) in [6, 6.07) is 18.2. The molecule has 0 aliphatic carbocycles. The lowest BCUT2D eigenvalue weighted by Gasteiger charge is -2.34. The van der Waals surface area contributed by atoms with Crippen molar-refractivity contribution >= 4 is 43.5 Å². The molecule has 0 aliphatic heterocycles. The molecule has 3 aromatic rings. The van der Waals surface area contributed by atoms with Gasteiger partial charge in [-0.15, -0.1) is 0 Å². The third-order valence-electron chi connectivity index (χ3n) is 7.30. The Morgan fingerprint density at radius 1 is 0.976 bits per heavy atom. The minimum atomic E-state index is -4.20. The Morgan fingerprint density at radius 3 is 2.21 bits per heavy atom. The Morgan fingerprint density at radius 2 is 1.64 bits per heavy atom. The number of rotatable bonds is 13. The minimum Gasteiger partial charge on any atom is -0.496 e. The molecule has 0 saturated heterocycles. The van der Waals surface area contributed by atoms with Crippen molar-refractivity contribution in [2.75, 3.05) is 18.0 Å². The molecule has 2 atom stereocenters. The van der Waals surface area contributed by atoms with Crippen molar-refractivity contribution in [3.63, 3.8) is 0 Å². The fourth-order valence-corrected chi connectivity index (χ4v) is 6.64. The molecule has 1 N–H and O–H groups in total. The van der Waals surface area contributed by atoms with Gasteiger partial charge in [0, 0.05) is 12.6 Å². The summed E-state index contributed by atoms with van der Waals surface area (Å²) in [5.74, 6) is -0.270. The average molecular weight is 659 g/mol. The number of hydrogen-bond acceptors (Lipinski definition) is 5. The number of benzene rings is 3. The Labute approximate surface area is 258 Å². The van der Waals surface area contributed by atoms with E-state index in [0.717, 1.165) is 27.4 Å². The summed E-state index contributed by atoms with van der Waals surface area (Å²) in [7, 11) is -2.70. The molecule has 0 unspecified atom stereocenters. The van der Waals surface area contributed by atoms with Crippen LogP contribution in [0.25, 0.3) is 0 Å². The minimum absolute atomic E-state index is 0.00411. The van der Waals surface area contributed by atoms with Crippen LogP contribution in [-0.2, 0) is 26.2 Å². The summed E-state index contributed by atoms with van der Waals surface area (Å²) in [5.41, 5.74) is 3.14. The van der Waals surface area contributed by atoms with E-state index in [-0.39, 0.29) is 23.4 Å². The summed E-state index contributed by atoms with van der Waals surface area (Å²) in [4.78, 5) is 29.1. The van der Waals surface area contributed by atoms with Gasteiger partial charge in [0.15, 0.2) is 0 Å². The second-order valence-electron chi connectivity index (χ2n) is 10.3. The van der Waals surface area contributed by atoms with E-state index >= 15 is 0 Å². The van der Waals surface area contributed by atoms with E-state index in [1.54, 1.807) is 30.3 Å². The largest absolute Gasteiger partial charge is 0.496 e. The van der Waals surface area contributed by atoms with Crippen molar-refractivity contribution in [3.8, 4) is 5.75 Å². The predicted molar refractivity (Wildman–Crippen MR) is 170 cm³/mol. The summed E-state index contributed by atoms with van der Waals surface area (Å²) >= 11 is 3.37. The second-order valence-corrected chi connectivity index (χ2v) is 13.1. The zero-order chi connectivity index (χ0) is 31.0. The SMILES string of the molecule is CC[C@H](C(=O)N[C@@H](C)CC)N(Cc1ccccc1C)C(=O)CN(c1ccc(C)cc1)S(=O)(=O)c1ccc(OC)c(Br)c1.